The quantitative estimate of drug-likeness (QED) is 0.610. The molecule has 92 valence electrons. The van der Waals surface area contributed by atoms with Crippen LogP contribution in [0, 0.1) is 0 Å². The van der Waals surface area contributed by atoms with Crippen molar-refractivity contribution in [1.29, 1.82) is 0 Å². The zero-order chi connectivity index (χ0) is 12.0. The van der Waals surface area contributed by atoms with Crippen LogP contribution in [-0.2, 0) is 19.1 Å². The molecular formula is C10H17NO5. The molecule has 1 rings (SSSR count). The molecule has 1 N–H and O–H groups in total. The minimum absolute atomic E-state index is 0.109. The van der Waals surface area contributed by atoms with Gasteiger partial charge in [-0.2, -0.15) is 0 Å². The van der Waals surface area contributed by atoms with E-state index in [9.17, 15) is 9.59 Å². The summed E-state index contributed by atoms with van der Waals surface area (Å²) in [6.45, 7) is 1.63. The molecule has 0 spiro atoms. The normalized spacial score (nSPS) is 20.4. The second-order valence-corrected chi connectivity index (χ2v) is 3.59. The van der Waals surface area contributed by atoms with Gasteiger partial charge < -0.3 is 19.5 Å². The van der Waals surface area contributed by atoms with Gasteiger partial charge in [-0.3, -0.25) is 4.79 Å². The summed E-state index contributed by atoms with van der Waals surface area (Å²) < 4.78 is 10.00. The number of likely N-dealkylation sites (tertiary alicyclic amines) is 1. The molecule has 1 saturated heterocycles. The average molecular weight is 231 g/mol. The lowest BCUT2D eigenvalue weighted by molar-refractivity contribution is -0.146. The highest BCUT2D eigenvalue weighted by atomic mass is 16.5. The van der Waals surface area contributed by atoms with Crippen molar-refractivity contribution in [2.24, 2.45) is 0 Å². The molecule has 1 amide bonds. The highest BCUT2D eigenvalue weighted by molar-refractivity contribution is 5.87. The predicted molar refractivity (Wildman–Crippen MR) is 55.1 cm³/mol. The number of hydrogen-bond acceptors (Lipinski definition) is 4. The van der Waals surface area contributed by atoms with Crippen molar-refractivity contribution in [2.45, 2.75) is 18.9 Å². The second-order valence-electron chi connectivity index (χ2n) is 3.59. The molecule has 1 fully saturated rings. The maximum absolute atomic E-state index is 11.4. The van der Waals surface area contributed by atoms with Crippen LogP contribution in [0.3, 0.4) is 0 Å². The molecule has 16 heavy (non-hydrogen) atoms. The largest absolute Gasteiger partial charge is 0.480 e. The van der Waals surface area contributed by atoms with E-state index in [1.165, 1.54) is 4.90 Å². The number of aliphatic carboxylic acids is 1. The Balaban J connectivity index is 2.27. The Morgan fingerprint density at radius 1 is 1.50 bits per heavy atom. The van der Waals surface area contributed by atoms with Crippen molar-refractivity contribution in [1.82, 2.24) is 4.90 Å². The Morgan fingerprint density at radius 3 is 2.88 bits per heavy atom. The number of carbonyl (C=O) groups is 2. The van der Waals surface area contributed by atoms with Gasteiger partial charge in [-0.25, -0.2) is 4.79 Å². The van der Waals surface area contributed by atoms with Gasteiger partial charge in [0.05, 0.1) is 19.8 Å². The van der Waals surface area contributed by atoms with E-state index in [2.05, 4.69) is 0 Å². The molecule has 1 heterocycles. The van der Waals surface area contributed by atoms with E-state index in [0.717, 1.165) is 0 Å². The first-order chi connectivity index (χ1) is 7.66. The minimum atomic E-state index is -0.942. The standard InChI is InChI=1S/C10H17NO5/c1-15-6-7-16-5-4-11-8(10(13)14)2-3-9(11)12/h8H,2-7H2,1H3,(H,13,14). The summed E-state index contributed by atoms with van der Waals surface area (Å²) >= 11 is 0. The van der Waals surface area contributed by atoms with Crippen LogP contribution in [0.15, 0.2) is 0 Å². The molecule has 0 aromatic rings. The number of carboxylic acid groups (broad SMARTS) is 1. The summed E-state index contributed by atoms with van der Waals surface area (Å²) in [7, 11) is 1.58. The lowest BCUT2D eigenvalue weighted by Crippen LogP contribution is -2.40. The summed E-state index contributed by atoms with van der Waals surface area (Å²) in [6, 6.07) is -0.682. The lowest BCUT2D eigenvalue weighted by atomic mass is 10.2. The average Bonchev–Trinajstić information content (AvgIpc) is 2.60. The molecule has 1 unspecified atom stereocenters. The maximum atomic E-state index is 11.4. The fourth-order valence-corrected chi connectivity index (χ4v) is 1.68. The Hall–Kier alpha value is -1.14. The van der Waals surface area contributed by atoms with Gasteiger partial charge in [0.25, 0.3) is 0 Å². The molecule has 0 aliphatic carbocycles. The third-order valence-corrected chi connectivity index (χ3v) is 2.52. The molecule has 0 aromatic carbocycles. The number of carboxylic acids is 1. The summed E-state index contributed by atoms with van der Waals surface area (Å²) in [5.41, 5.74) is 0. The van der Waals surface area contributed by atoms with Gasteiger partial charge in [-0.1, -0.05) is 0 Å². The number of methoxy groups -OCH3 is 1. The first-order valence-corrected chi connectivity index (χ1v) is 5.25. The van der Waals surface area contributed by atoms with E-state index in [0.29, 0.717) is 39.2 Å². The first-order valence-electron chi connectivity index (χ1n) is 5.25. The molecule has 0 bridgehead atoms. The Kier molecular flexibility index (Phi) is 5.21. The fourth-order valence-electron chi connectivity index (χ4n) is 1.68. The zero-order valence-electron chi connectivity index (χ0n) is 9.35. The van der Waals surface area contributed by atoms with Crippen molar-refractivity contribution in [3.05, 3.63) is 0 Å². The smallest absolute Gasteiger partial charge is 0.326 e. The topological polar surface area (TPSA) is 76.1 Å². The van der Waals surface area contributed by atoms with Crippen LogP contribution in [-0.4, -0.2) is 61.4 Å². The highest BCUT2D eigenvalue weighted by Crippen LogP contribution is 2.18. The Labute approximate surface area is 94.1 Å². The van der Waals surface area contributed by atoms with Gasteiger partial charge in [0, 0.05) is 20.1 Å². The molecular weight excluding hydrogens is 214 g/mol. The highest BCUT2D eigenvalue weighted by Gasteiger charge is 2.35. The van der Waals surface area contributed by atoms with Crippen LogP contribution in [0.4, 0.5) is 0 Å². The van der Waals surface area contributed by atoms with Gasteiger partial charge in [-0.05, 0) is 6.42 Å². The van der Waals surface area contributed by atoms with Crippen molar-refractivity contribution in [3.63, 3.8) is 0 Å². The second kappa shape index (κ2) is 6.44. The van der Waals surface area contributed by atoms with E-state index >= 15 is 0 Å². The molecule has 6 nitrogen and oxygen atoms in total. The van der Waals surface area contributed by atoms with Crippen LogP contribution < -0.4 is 0 Å². The van der Waals surface area contributed by atoms with Gasteiger partial charge in [0.15, 0.2) is 0 Å². The van der Waals surface area contributed by atoms with E-state index in [-0.39, 0.29) is 5.91 Å². The van der Waals surface area contributed by atoms with Gasteiger partial charge in [0.2, 0.25) is 5.91 Å². The monoisotopic (exact) mass is 231 g/mol. The number of carbonyl (C=O) groups excluding carboxylic acids is 1. The summed E-state index contributed by atoms with van der Waals surface area (Å²) in [5.74, 6) is -1.05. The van der Waals surface area contributed by atoms with Crippen LogP contribution >= 0.6 is 0 Å². The summed E-state index contributed by atoms with van der Waals surface area (Å²) in [5, 5.41) is 8.89. The third-order valence-electron chi connectivity index (χ3n) is 2.52. The zero-order valence-corrected chi connectivity index (χ0v) is 9.35. The Bertz CT molecular complexity index is 256. The molecule has 1 atom stereocenters. The summed E-state index contributed by atoms with van der Waals surface area (Å²) in [6.07, 6.45) is 0.710. The van der Waals surface area contributed by atoms with Gasteiger partial charge in [0.1, 0.15) is 6.04 Å². The van der Waals surface area contributed by atoms with Crippen LogP contribution in [0.2, 0.25) is 0 Å². The molecule has 0 radical (unpaired) electrons. The van der Waals surface area contributed by atoms with Crippen molar-refractivity contribution >= 4 is 11.9 Å². The molecule has 6 heteroatoms. The number of amides is 1. The Morgan fingerprint density at radius 2 is 2.25 bits per heavy atom. The van der Waals surface area contributed by atoms with E-state index in [4.69, 9.17) is 14.6 Å². The van der Waals surface area contributed by atoms with E-state index in [1.54, 1.807) is 7.11 Å². The van der Waals surface area contributed by atoms with Crippen LogP contribution in [0.25, 0.3) is 0 Å². The number of ether oxygens (including phenoxy) is 2. The SMILES string of the molecule is COCCOCCN1C(=O)CCC1C(=O)O. The molecule has 1 aliphatic heterocycles. The molecule has 0 aromatic heterocycles. The van der Waals surface area contributed by atoms with Gasteiger partial charge in [-0.15, -0.1) is 0 Å². The third kappa shape index (κ3) is 3.46. The lowest BCUT2D eigenvalue weighted by Gasteiger charge is -2.21. The van der Waals surface area contributed by atoms with Crippen molar-refractivity contribution in [3.8, 4) is 0 Å². The predicted octanol–water partition coefficient (Wildman–Crippen LogP) is -0.275. The van der Waals surface area contributed by atoms with E-state index in [1.807, 2.05) is 0 Å². The van der Waals surface area contributed by atoms with Gasteiger partial charge >= 0.3 is 5.97 Å². The molecule has 1 aliphatic rings. The van der Waals surface area contributed by atoms with Crippen molar-refractivity contribution in [2.75, 3.05) is 33.5 Å². The van der Waals surface area contributed by atoms with Crippen LogP contribution in [0.1, 0.15) is 12.8 Å². The number of hydrogen-bond donors (Lipinski definition) is 1. The number of rotatable bonds is 7. The van der Waals surface area contributed by atoms with Crippen molar-refractivity contribution < 1.29 is 24.2 Å². The minimum Gasteiger partial charge on any atom is -0.480 e. The van der Waals surface area contributed by atoms with E-state index < -0.39 is 12.0 Å². The summed E-state index contributed by atoms with van der Waals surface area (Å²) in [4.78, 5) is 23.6. The maximum Gasteiger partial charge on any atom is 0.326 e. The molecule has 0 saturated carbocycles. The number of nitrogens with zero attached hydrogens (tertiary/aromatic N) is 1. The van der Waals surface area contributed by atoms with Crippen LogP contribution in [0.5, 0.6) is 0 Å². The first kappa shape index (κ1) is 12.9. The fraction of sp³-hybridized carbons (Fsp3) is 0.800.